The number of nitrogens with one attached hydrogen (secondary N) is 2. The van der Waals surface area contributed by atoms with Crippen molar-refractivity contribution in [2.75, 3.05) is 6.54 Å². The van der Waals surface area contributed by atoms with Gasteiger partial charge in [0.1, 0.15) is 15.8 Å². The van der Waals surface area contributed by atoms with Gasteiger partial charge in [0.2, 0.25) is 0 Å². The van der Waals surface area contributed by atoms with E-state index < -0.39 is 21.6 Å². The first kappa shape index (κ1) is 23.8. The number of carbonyl (C=O) groups is 1. The van der Waals surface area contributed by atoms with Crippen LogP contribution in [-0.4, -0.2) is 42.2 Å². The average Bonchev–Trinajstić information content (AvgIpc) is 2.63. The van der Waals surface area contributed by atoms with Crippen molar-refractivity contribution in [2.24, 2.45) is 0 Å². The van der Waals surface area contributed by atoms with Crippen LogP contribution in [0.2, 0.25) is 0 Å². The van der Waals surface area contributed by atoms with Crippen LogP contribution in [0.3, 0.4) is 0 Å². The van der Waals surface area contributed by atoms with Gasteiger partial charge in [0.15, 0.2) is 6.17 Å². The molecule has 2 rings (SSSR count). The molecule has 0 spiro atoms. The first-order valence-electron chi connectivity index (χ1n) is 6.01. The Balaban J connectivity index is 0.00000242. The number of carboxylic acids is 1. The van der Waals surface area contributed by atoms with Crippen LogP contribution in [0.4, 0.5) is 5.69 Å². The van der Waals surface area contributed by atoms with Gasteiger partial charge in [-0.2, -0.15) is 5.01 Å². The van der Waals surface area contributed by atoms with Crippen molar-refractivity contribution < 1.29 is 86.9 Å². The fourth-order valence-electron chi connectivity index (χ4n) is 2.25. The summed E-state index contributed by atoms with van der Waals surface area (Å²) in [5, 5.41) is 12.1. The van der Waals surface area contributed by atoms with Gasteiger partial charge in [-0.3, -0.25) is 4.90 Å². The van der Waals surface area contributed by atoms with E-state index in [0.29, 0.717) is 5.69 Å². The number of quaternary nitrogens is 1. The molecule has 116 valence electrons. The number of nitrogens with zero attached hydrogens (tertiary/aromatic N) is 1. The molecule has 1 fully saturated rings. The molecule has 1 saturated heterocycles. The maximum absolute atomic E-state index is 10.9. The molecule has 3 atom stereocenters. The van der Waals surface area contributed by atoms with Gasteiger partial charge in [-0.25, -0.2) is 13.8 Å². The summed E-state index contributed by atoms with van der Waals surface area (Å²) in [7, 11) is -4.49. The van der Waals surface area contributed by atoms with E-state index in [9.17, 15) is 22.9 Å². The van der Waals surface area contributed by atoms with Crippen molar-refractivity contribution in [1.29, 1.82) is 0 Å². The van der Waals surface area contributed by atoms with E-state index in [1.165, 1.54) is 29.3 Å². The molecule has 0 saturated carbocycles. The summed E-state index contributed by atoms with van der Waals surface area (Å²) in [5.74, 6) is -1.23. The minimum absolute atomic E-state index is 0. The zero-order chi connectivity index (χ0) is 15.8. The van der Waals surface area contributed by atoms with E-state index in [-0.39, 0.29) is 76.7 Å². The summed E-state index contributed by atoms with van der Waals surface area (Å²) in [6.45, 7) is 1.46. The largest absolute Gasteiger partial charge is 1.00 e. The third-order valence-electron chi connectivity index (χ3n) is 3.26. The molecule has 23 heavy (non-hydrogen) atoms. The van der Waals surface area contributed by atoms with Crippen LogP contribution >= 0.6 is 0 Å². The van der Waals surface area contributed by atoms with E-state index in [4.69, 9.17) is 12.6 Å². The van der Waals surface area contributed by atoms with Gasteiger partial charge in [-0.05, 0) is 12.1 Å². The minimum atomic E-state index is -4.49. The molecule has 1 heterocycles. The number of carbonyl (C=O) groups excluding carboxylic acids is 1. The van der Waals surface area contributed by atoms with Crippen molar-refractivity contribution in [3.8, 4) is 0 Å². The normalized spacial score (nSPS) is 24.6. The number of carboxylic acid groups (broad SMARTS) is 1. The van der Waals surface area contributed by atoms with Crippen LogP contribution in [0.15, 0.2) is 29.2 Å². The molecule has 3 unspecified atom stereocenters. The molecule has 0 aliphatic carbocycles. The molecular weight excluding hydrogens is 364 g/mol. The van der Waals surface area contributed by atoms with Gasteiger partial charge in [0, 0.05) is 24.6 Å². The summed E-state index contributed by atoms with van der Waals surface area (Å²) >= 11 is 5.24. The Bertz CT molecular complexity index is 644. The molecule has 0 bridgehead atoms. The van der Waals surface area contributed by atoms with Gasteiger partial charge in [0.05, 0.1) is 17.4 Å². The van der Waals surface area contributed by atoms with Crippen molar-refractivity contribution in [1.82, 2.24) is 10.4 Å². The van der Waals surface area contributed by atoms with Crippen LogP contribution in [-0.2, 0) is 27.5 Å². The Morgan fingerprint density at radius 1 is 1.35 bits per heavy atom. The van der Waals surface area contributed by atoms with Crippen LogP contribution in [0.1, 0.15) is 6.92 Å². The van der Waals surface area contributed by atoms with Crippen molar-refractivity contribution in [3.63, 3.8) is 0 Å². The fourth-order valence-corrected chi connectivity index (χ4v) is 3.19. The van der Waals surface area contributed by atoms with Crippen molar-refractivity contribution >= 4 is 34.4 Å². The number of hydrogen-bond acceptors (Lipinski definition) is 8. The number of aliphatic carboxylic acids is 1. The monoisotopic (exact) mass is 377 g/mol. The van der Waals surface area contributed by atoms with E-state index >= 15 is 0 Å². The summed E-state index contributed by atoms with van der Waals surface area (Å²) < 4.78 is 32.7. The molecule has 1 aliphatic rings. The van der Waals surface area contributed by atoms with Crippen LogP contribution in [0.5, 0.6) is 0 Å². The first-order chi connectivity index (χ1) is 9.70. The van der Waals surface area contributed by atoms with Gasteiger partial charge >= 0.3 is 59.1 Å². The Kier molecular flexibility index (Phi) is 9.85. The Morgan fingerprint density at radius 3 is 2.30 bits per heavy atom. The summed E-state index contributed by atoms with van der Waals surface area (Å²) in [6.07, 6.45) is -0.292. The zero-order valence-corrected chi connectivity index (χ0v) is 18.6. The third kappa shape index (κ3) is 5.94. The Labute approximate surface area is 184 Å². The predicted molar refractivity (Wildman–Crippen MR) is 70.5 cm³/mol. The van der Waals surface area contributed by atoms with Crippen LogP contribution < -0.4 is 74.5 Å². The average molecular weight is 377 g/mol. The SMILES string of the molecule is CC1N(CC(=O)[O-])NC([S-])[NH+]1c1ccc(S(=O)(=O)[O-])cc1.[Na+].[Na+]. The van der Waals surface area contributed by atoms with Crippen LogP contribution in [0.25, 0.3) is 0 Å². The molecule has 12 heteroatoms. The predicted octanol–water partition coefficient (Wildman–Crippen LogP) is -9.14. The van der Waals surface area contributed by atoms with Crippen molar-refractivity contribution in [3.05, 3.63) is 24.3 Å². The molecule has 1 aliphatic heterocycles. The topological polar surface area (TPSA) is 117 Å². The summed E-state index contributed by atoms with van der Waals surface area (Å²) in [5.41, 5.74) is 2.98. The molecule has 1 aromatic rings. The summed E-state index contributed by atoms with van der Waals surface area (Å²) in [4.78, 5) is 11.1. The molecule has 1 aromatic carbocycles. The fraction of sp³-hybridized carbons (Fsp3) is 0.364. The molecule has 0 radical (unpaired) electrons. The van der Waals surface area contributed by atoms with E-state index in [0.717, 1.165) is 4.90 Å². The second kappa shape index (κ2) is 9.51. The molecular formula is C11H13N3Na2O5S2. The Hall–Kier alpha value is 0.830. The second-order valence-electron chi connectivity index (χ2n) is 4.62. The minimum Gasteiger partial charge on any atom is -0.744 e. The number of hydrogen-bond donors (Lipinski definition) is 2. The van der Waals surface area contributed by atoms with E-state index in [1.807, 2.05) is 0 Å². The second-order valence-corrected chi connectivity index (χ2v) is 6.47. The standard InChI is InChI=1S/C11H15N3O5S2.2Na/c1-7-13(6-10(15)16)12-11(20)14(7)8-2-4-9(5-3-8)21(17,18)19;;/h2-5,7,11-12,20H,6H2,1H3,(H,15,16)(H,17,18,19);;/q;2*+1/p-2. The van der Waals surface area contributed by atoms with Gasteiger partial charge in [-0.15, -0.1) is 0 Å². The zero-order valence-electron chi connectivity index (χ0n) is 13.0. The van der Waals surface area contributed by atoms with Gasteiger partial charge in [-0.1, -0.05) is 0 Å². The van der Waals surface area contributed by atoms with Gasteiger partial charge < -0.3 is 27.1 Å². The van der Waals surface area contributed by atoms with Gasteiger partial charge in [0.25, 0.3) is 0 Å². The van der Waals surface area contributed by atoms with E-state index in [2.05, 4.69) is 5.43 Å². The van der Waals surface area contributed by atoms with Crippen molar-refractivity contribution in [2.45, 2.75) is 23.5 Å². The number of hydrazine groups is 1. The third-order valence-corrected chi connectivity index (χ3v) is 4.47. The quantitative estimate of drug-likeness (QED) is 0.302. The Morgan fingerprint density at radius 2 is 1.87 bits per heavy atom. The molecule has 0 amide bonds. The first-order valence-corrected chi connectivity index (χ1v) is 7.89. The number of benzene rings is 1. The molecule has 8 nitrogen and oxygen atoms in total. The molecule has 0 aromatic heterocycles. The smallest absolute Gasteiger partial charge is 0.744 e. The maximum atomic E-state index is 10.9. The maximum Gasteiger partial charge on any atom is 1.00 e. The number of rotatable bonds is 4. The molecule has 2 N–H and O–H groups in total. The summed E-state index contributed by atoms with van der Waals surface area (Å²) in [6, 6.07) is 5.39. The van der Waals surface area contributed by atoms with E-state index in [1.54, 1.807) is 6.92 Å². The van der Waals surface area contributed by atoms with Crippen LogP contribution in [0, 0.1) is 0 Å².